The molecule has 7 heteroatoms. The third-order valence-corrected chi connectivity index (χ3v) is 4.44. The van der Waals surface area contributed by atoms with Crippen LogP contribution in [0.25, 0.3) is 0 Å². The standard InChI is InChI=1S/C13H17N5OS/c19-13(14-10-12-2-1-9-20-12)17-6-3-11(4-7-17)18-8-5-15-16-18/h1-2,5,8-9,11H,3-4,6-7,10H2,(H,14,19). The SMILES string of the molecule is O=C(NCc1cccs1)N1CCC(n2ccnn2)CC1. The van der Waals surface area contributed by atoms with E-state index in [2.05, 4.69) is 15.6 Å². The summed E-state index contributed by atoms with van der Waals surface area (Å²) in [6.07, 6.45) is 5.43. The van der Waals surface area contributed by atoms with E-state index in [0.717, 1.165) is 25.9 Å². The van der Waals surface area contributed by atoms with Gasteiger partial charge in [-0.1, -0.05) is 11.3 Å². The highest BCUT2D eigenvalue weighted by Crippen LogP contribution is 2.21. The molecule has 106 valence electrons. The van der Waals surface area contributed by atoms with Crippen LogP contribution in [0.15, 0.2) is 29.9 Å². The smallest absolute Gasteiger partial charge is 0.317 e. The number of hydrogen-bond donors (Lipinski definition) is 1. The monoisotopic (exact) mass is 291 g/mol. The molecule has 0 atom stereocenters. The highest BCUT2D eigenvalue weighted by Gasteiger charge is 2.23. The lowest BCUT2D eigenvalue weighted by Crippen LogP contribution is -2.44. The van der Waals surface area contributed by atoms with E-state index in [-0.39, 0.29) is 6.03 Å². The maximum Gasteiger partial charge on any atom is 0.317 e. The summed E-state index contributed by atoms with van der Waals surface area (Å²) >= 11 is 1.66. The lowest BCUT2D eigenvalue weighted by molar-refractivity contribution is 0.168. The molecule has 2 amide bonds. The summed E-state index contributed by atoms with van der Waals surface area (Å²) in [5, 5.41) is 12.8. The molecule has 1 saturated heterocycles. The van der Waals surface area contributed by atoms with Crippen LogP contribution in [0.1, 0.15) is 23.8 Å². The van der Waals surface area contributed by atoms with E-state index in [4.69, 9.17) is 0 Å². The molecular formula is C13H17N5OS. The lowest BCUT2D eigenvalue weighted by Gasteiger charge is -2.31. The Balaban J connectivity index is 1.46. The highest BCUT2D eigenvalue weighted by atomic mass is 32.1. The Bertz CT molecular complexity index is 531. The number of amides is 2. The van der Waals surface area contributed by atoms with Crippen molar-refractivity contribution in [3.05, 3.63) is 34.8 Å². The molecule has 1 fully saturated rings. The van der Waals surface area contributed by atoms with Crippen molar-refractivity contribution >= 4 is 17.4 Å². The summed E-state index contributed by atoms with van der Waals surface area (Å²) < 4.78 is 1.89. The summed E-state index contributed by atoms with van der Waals surface area (Å²) in [6, 6.07) is 4.41. The van der Waals surface area contributed by atoms with Gasteiger partial charge >= 0.3 is 6.03 Å². The maximum absolute atomic E-state index is 12.1. The van der Waals surface area contributed by atoms with E-state index < -0.39 is 0 Å². The van der Waals surface area contributed by atoms with Gasteiger partial charge in [0.25, 0.3) is 0 Å². The average Bonchev–Trinajstić information content (AvgIpc) is 3.18. The van der Waals surface area contributed by atoms with Crippen LogP contribution >= 0.6 is 11.3 Å². The van der Waals surface area contributed by atoms with Crippen molar-refractivity contribution in [1.82, 2.24) is 25.2 Å². The molecule has 0 spiro atoms. The van der Waals surface area contributed by atoms with Crippen molar-refractivity contribution in [3.8, 4) is 0 Å². The molecule has 0 aliphatic carbocycles. The molecule has 0 unspecified atom stereocenters. The van der Waals surface area contributed by atoms with Gasteiger partial charge in [0.05, 0.1) is 18.8 Å². The number of rotatable bonds is 3. The Kier molecular flexibility index (Phi) is 3.96. The van der Waals surface area contributed by atoms with Crippen LogP contribution in [0, 0.1) is 0 Å². The van der Waals surface area contributed by atoms with E-state index in [1.165, 1.54) is 4.88 Å². The van der Waals surface area contributed by atoms with Gasteiger partial charge in [-0.25, -0.2) is 9.48 Å². The van der Waals surface area contributed by atoms with Crippen LogP contribution in [0.2, 0.25) is 0 Å². The highest BCUT2D eigenvalue weighted by molar-refractivity contribution is 7.09. The predicted octanol–water partition coefficient (Wildman–Crippen LogP) is 1.89. The number of hydrogen-bond acceptors (Lipinski definition) is 4. The molecule has 0 radical (unpaired) electrons. The molecule has 1 aliphatic heterocycles. The molecule has 2 aromatic rings. The quantitative estimate of drug-likeness (QED) is 0.939. The van der Waals surface area contributed by atoms with Crippen molar-refractivity contribution < 1.29 is 4.79 Å². The zero-order valence-electron chi connectivity index (χ0n) is 11.1. The van der Waals surface area contributed by atoms with Crippen LogP contribution in [-0.4, -0.2) is 39.0 Å². The van der Waals surface area contributed by atoms with Crippen LogP contribution in [0.3, 0.4) is 0 Å². The van der Waals surface area contributed by atoms with Crippen LogP contribution in [-0.2, 0) is 6.54 Å². The minimum absolute atomic E-state index is 0.0236. The van der Waals surface area contributed by atoms with Gasteiger partial charge in [-0.2, -0.15) is 0 Å². The summed E-state index contributed by atoms with van der Waals surface area (Å²) in [7, 11) is 0. The van der Waals surface area contributed by atoms with Crippen molar-refractivity contribution in [2.75, 3.05) is 13.1 Å². The number of carbonyl (C=O) groups excluding carboxylic acids is 1. The first-order chi connectivity index (χ1) is 9.83. The van der Waals surface area contributed by atoms with E-state index in [1.54, 1.807) is 17.5 Å². The van der Waals surface area contributed by atoms with Gasteiger partial charge in [-0.3, -0.25) is 0 Å². The Morgan fingerprint density at radius 1 is 1.45 bits per heavy atom. The molecule has 0 bridgehead atoms. The van der Waals surface area contributed by atoms with Crippen molar-refractivity contribution in [3.63, 3.8) is 0 Å². The fraction of sp³-hybridized carbons (Fsp3) is 0.462. The molecule has 0 saturated carbocycles. The summed E-state index contributed by atoms with van der Waals surface area (Å²) in [6.45, 7) is 2.14. The second-order valence-electron chi connectivity index (χ2n) is 4.84. The van der Waals surface area contributed by atoms with Gasteiger partial charge in [-0.15, -0.1) is 16.4 Å². The zero-order valence-corrected chi connectivity index (χ0v) is 11.9. The van der Waals surface area contributed by atoms with Crippen LogP contribution < -0.4 is 5.32 Å². The number of piperidine rings is 1. The Morgan fingerprint density at radius 3 is 2.95 bits per heavy atom. The van der Waals surface area contributed by atoms with Crippen molar-refractivity contribution in [2.45, 2.75) is 25.4 Å². The Hall–Kier alpha value is -1.89. The van der Waals surface area contributed by atoms with Gasteiger partial charge < -0.3 is 10.2 Å². The summed E-state index contributed by atoms with van der Waals surface area (Å²) in [5.74, 6) is 0. The normalized spacial score (nSPS) is 16.3. The van der Waals surface area contributed by atoms with Crippen molar-refractivity contribution in [1.29, 1.82) is 0 Å². The second kappa shape index (κ2) is 6.04. The molecular weight excluding hydrogens is 274 g/mol. The zero-order chi connectivity index (χ0) is 13.8. The van der Waals surface area contributed by atoms with Crippen LogP contribution in [0.5, 0.6) is 0 Å². The van der Waals surface area contributed by atoms with Gasteiger partial charge in [-0.05, 0) is 24.3 Å². The molecule has 20 heavy (non-hydrogen) atoms. The number of carbonyl (C=O) groups is 1. The summed E-state index contributed by atoms with van der Waals surface area (Å²) in [4.78, 5) is 15.1. The molecule has 1 aliphatic rings. The van der Waals surface area contributed by atoms with Gasteiger partial charge in [0, 0.05) is 24.2 Å². The number of nitrogens with one attached hydrogen (secondary N) is 1. The van der Waals surface area contributed by atoms with Gasteiger partial charge in [0.2, 0.25) is 0 Å². The van der Waals surface area contributed by atoms with Gasteiger partial charge in [0.1, 0.15) is 0 Å². The molecule has 0 aromatic carbocycles. The minimum Gasteiger partial charge on any atom is -0.333 e. The minimum atomic E-state index is 0.0236. The van der Waals surface area contributed by atoms with E-state index in [0.29, 0.717) is 12.6 Å². The number of thiophene rings is 1. The van der Waals surface area contributed by atoms with E-state index in [1.807, 2.05) is 33.3 Å². The first-order valence-electron chi connectivity index (χ1n) is 6.74. The summed E-state index contributed by atoms with van der Waals surface area (Å²) in [5.41, 5.74) is 0. The Labute approximate surface area is 121 Å². The predicted molar refractivity (Wildman–Crippen MR) is 76.4 cm³/mol. The molecule has 3 heterocycles. The van der Waals surface area contributed by atoms with Crippen molar-refractivity contribution in [2.24, 2.45) is 0 Å². The second-order valence-corrected chi connectivity index (χ2v) is 5.87. The van der Waals surface area contributed by atoms with Gasteiger partial charge in [0.15, 0.2) is 0 Å². The number of nitrogens with zero attached hydrogens (tertiary/aromatic N) is 4. The number of likely N-dealkylation sites (tertiary alicyclic amines) is 1. The topological polar surface area (TPSA) is 63.1 Å². The van der Waals surface area contributed by atoms with E-state index in [9.17, 15) is 4.79 Å². The fourth-order valence-electron chi connectivity index (χ4n) is 2.43. The van der Waals surface area contributed by atoms with Crippen LogP contribution in [0.4, 0.5) is 4.79 Å². The maximum atomic E-state index is 12.1. The third-order valence-electron chi connectivity index (χ3n) is 3.56. The number of urea groups is 1. The fourth-order valence-corrected chi connectivity index (χ4v) is 3.08. The largest absolute Gasteiger partial charge is 0.333 e. The third kappa shape index (κ3) is 2.98. The lowest BCUT2D eigenvalue weighted by atomic mass is 10.1. The average molecular weight is 291 g/mol. The molecule has 6 nitrogen and oxygen atoms in total. The molecule has 2 aromatic heterocycles. The number of aromatic nitrogens is 3. The van der Waals surface area contributed by atoms with E-state index >= 15 is 0 Å². The first kappa shape index (κ1) is 13.1. The molecule has 1 N–H and O–H groups in total. The molecule has 3 rings (SSSR count). The Morgan fingerprint density at radius 2 is 2.30 bits per heavy atom. The first-order valence-corrected chi connectivity index (χ1v) is 7.62.